The van der Waals surface area contributed by atoms with Gasteiger partial charge in [-0.25, -0.2) is 4.79 Å². The minimum Gasteiger partial charge on any atom is -0.445 e. The van der Waals surface area contributed by atoms with Crippen LogP contribution in [0.25, 0.3) is 0 Å². The molecule has 0 aliphatic carbocycles. The summed E-state index contributed by atoms with van der Waals surface area (Å²) in [4.78, 5) is 12.0. The fraction of sp³-hybridized carbons (Fsp3) is 0.370. The third-order valence-electron chi connectivity index (χ3n) is 4.73. The van der Waals surface area contributed by atoms with E-state index in [2.05, 4.69) is 23.1 Å². The number of amides is 1. The van der Waals surface area contributed by atoms with Gasteiger partial charge in [-0.3, -0.25) is 0 Å². The smallest absolute Gasteiger partial charge is 0.445 e. The number of carbonyl (C=O) groups excluding carboxylic acids is 1. The predicted octanol–water partition coefficient (Wildman–Crippen LogP) is 4.69. The van der Waals surface area contributed by atoms with Crippen LogP contribution in [0, 0.1) is 24.2 Å². The summed E-state index contributed by atoms with van der Waals surface area (Å²) in [5.74, 6) is 8.52. The monoisotopic (exact) mass is 478 g/mol. The molecule has 0 atom stereocenters. The van der Waals surface area contributed by atoms with Crippen LogP contribution in [0.3, 0.4) is 0 Å². The van der Waals surface area contributed by atoms with E-state index in [1.807, 2.05) is 57.2 Å². The fourth-order valence-electron chi connectivity index (χ4n) is 3.16. The van der Waals surface area contributed by atoms with Gasteiger partial charge in [0.15, 0.2) is 0 Å². The molecule has 2 rings (SSSR count). The van der Waals surface area contributed by atoms with Crippen molar-refractivity contribution < 1.29 is 22.8 Å². The van der Waals surface area contributed by atoms with Crippen LogP contribution in [0.15, 0.2) is 48.5 Å². The summed E-state index contributed by atoms with van der Waals surface area (Å²) in [6.45, 7) is 7.99. The summed E-state index contributed by atoms with van der Waals surface area (Å²) in [7, 11) is -2.69. The van der Waals surface area contributed by atoms with Crippen LogP contribution in [0.4, 0.5) is 4.79 Å². The number of ether oxygens (including phenoxy) is 1. The molecule has 0 unspecified atom stereocenters. The molecule has 0 aliphatic rings. The molecule has 0 spiro atoms. The number of carbonyl (C=O) groups is 1. The van der Waals surface area contributed by atoms with Gasteiger partial charge in [0.2, 0.25) is 0 Å². The number of hydrogen-bond acceptors (Lipinski definition) is 5. The Labute approximate surface area is 204 Å². The van der Waals surface area contributed by atoms with Gasteiger partial charge in [-0.1, -0.05) is 29.9 Å². The highest BCUT2D eigenvalue weighted by Crippen LogP contribution is 2.17. The average Bonchev–Trinajstić information content (AvgIpc) is 2.85. The van der Waals surface area contributed by atoms with Crippen molar-refractivity contribution in [1.82, 2.24) is 5.32 Å². The molecule has 0 aromatic heterocycles. The Morgan fingerprint density at radius 1 is 0.853 bits per heavy atom. The Morgan fingerprint density at radius 2 is 1.35 bits per heavy atom. The standard InChI is InChI=1S/C27H32NO5Si/c1-5-23-10-12-24(13-11-23)14-15-25-16-18-26(19-17-25)22-30-27(29)28-20-9-21-34(31-6-2,32-7-3)33-8-4/h10-13,16-19H,6-9,20-22H2,2-4H3,(H,28,29). The zero-order valence-electron chi connectivity index (χ0n) is 20.1. The van der Waals surface area contributed by atoms with Gasteiger partial charge >= 0.3 is 14.9 Å². The number of nitrogens with one attached hydrogen (secondary N) is 1. The van der Waals surface area contributed by atoms with Crippen molar-refractivity contribution in [2.45, 2.75) is 39.8 Å². The van der Waals surface area contributed by atoms with Gasteiger partial charge in [-0.05, 0) is 75.6 Å². The third kappa shape index (κ3) is 9.42. The van der Waals surface area contributed by atoms with Crippen LogP contribution in [0.5, 0.6) is 0 Å². The second-order valence-corrected chi connectivity index (χ2v) is 9.97. The molecule has 34 heavy (non-hydrogen) atoms. The van der Waals surface area contributed by atoms with Crippen molar-refractivity contribution in [1.29, 1.82) is 0 Å². The number of hydrogen-bond donors (Lipinski definition) is 1. The maximum atomic E-state index is 12.0. The van der Waals surface area contributed by atoms with E-state index >= 15 is 0 Å². The van der Waals surface area contributed by atoms with Crippen LogP contribution in [0.2, 0.25) is 6.04 Å². The molecular weight excluding hydrogens is 446 g/mol. The Hall–Kier alpha value is -3.07. The Kier molecular flexibility index (Phi) is 11.9. The van der Waals surface area contributed by atoms with E-state index in [4.69, 9.17) is 24.4 Å². The summed E-state index contributed by atoms with van der Waals surface area (Å²) in [5, 5.41) is 2.77. The van der Waals surface area contributed by atoms with E-state index in [1.165, 1.54) is 0 Å². The minimum absolute atomic E-state index is 0.177. The van der Waals surface area contributed by atoms with E-state index in [1.54, 1.807) is 12.1 Å². The predicted molar refractivity (Wildman–Crippen MR) is 133 cm³/mol. The molecule has 0 heterocycles. The molecule has 2 aromatic carbocycles. The van der Waals surface area contributed by atoms with E-state index in [-0.39, 0.29) is 6.61 Å². The first kappa shape index (κ1) is 27.2. The van der Waals surface area contributed by atoms with Crippen LogP contribution in [0.1, 0.15) is 49.4 Å². The van der Waals surface area contributed by atoms with Gasteiger partial charge in [-0.2, -0.15) is 0 Å². The summed E-state index contributed by atoms with van der Waals surface area (Å²) >= 11 is 0. The highest BCUT2D eigenvalue weighted by Gasteiger charge is 2.39. The normalized spacial score (nSPS) is 10.6. The quantitative estimate of drug-likeness (QED) is 0.272. The Bertz CT molecular complexity index is 970. The maximum Gasteiger partial charge on any atom is 0.500 e. The lowest BCUT2D eigenvalue weighted by atomic mass is 10.1. The van der Waals surface area contributed by atoms with Crippen molar-refractivity contribution in [2.75, 3.05) is 26.4 Å². The van der Waals surface area contributed by atoms with Gasteiger partial charge in [0.05, 0.1) is 0 Å². The van der Waals surface area contributed by atoms with Crippen LogP contribution < -0.4 is 5.32 Å². The summed E-state index contributed by atoms with van der Waals surface area (Å²) in [6.07, 6.45) is 7.32. The van der Waals surface area contributed by atoms with Gasteiger partial charge in [0, 0.05) is 49.1 Å². The number of alkyl carbamates (subject to hydrolysis) is 1. The lowest BCUT2D eigenvalue weighted by Gasteiger charge is -2.28. The zero-order chi connectivity index (χ0) is 24.7. The maximum absolute atomic E-state index is 12.0. The van der Waals surface area contributed by atoms with Gasteiger partial charge in [0.25, 0.3) is 0 Å². The van der Waals surface area contributed by atoms with Crippen molar-refractivity contribution >= 4 is 14.9 Å². The lowest BCUT2D eigenvalue weighted by molar-refractivity contribution is 0.0706. The molecule has 0 aliphatic heterocycles. The summed E-state index contributed by atoms with van der Waals surface area (Å²) in [6, 6.07) is 15.5. The third-order valence-corrected chi connectivity index (χ3v) is 7.88. The van der Waals surface area contributed by atoms with Crippen LogP contribution in [-0.2, 0) is 24.6 Å². The Balaban J connectivity index is 1.75. The lowest BCUT2D eigenvalue weighted by Crippen LogP contribution is -2.46. The molecule has 6 nitrogen and oxygen atoms in total. The highest BCUT2D eigenvalue weighted by molar-refractivity contribution is 6.60. The number of rotatable bonds is 12. The van der Waals surface area contributed by atoms with Crippen LogP contribution in [-0.4, -0.2) is 41.3 Å². The minimum atomic E-state index is -2.69. The van der Waals surface area contributed by atoms with E-state index in [0.29, 0.717) is 38.8 Å². The van der Waals surface area contributed by atoms with E-state index in [9.17, 15) is 4.79 Å². The SMILES string of the molecule is [C]#Cc1ccc(C#Cc2ccc(COC(=O)NCCC[Si](OCC)(OCC)OCC)cc2)cc1. The average molecular weight is 479 g/mol. The van der Waals surface area contributed by atoms with Gasteiger partial charge in [0.1, 0.15) is 6.61 Å². The van der Waals surface area contributed by atoms with Crippen molar-refractivity contribution in [3.05, 3.63) is 77.2 Å². The second kappa shape index (κ2) is 15.0. The largest absolute Gasteiger partial charge is 0.500 e. The second-order valence-electron chi connectivity index (χ2n) is 7.24. The van der Waals surface area contributed by atoms with Gasteiger partial charge in [-0.15, -0.1) is 0 Å². The van der Waals surface area contributed by atoms with Crippen LogP contribution >= 0.6 is 0 Å². The Morgan fingerprint density at radius 3 is 1.85 bits per heavy atom. The topological polar surface area (TPSA) is 66.0 Å². The summed E-state index contributed by atoms with van der Waals surface area (Å²) in [5.41, 5.74) is 3.32. The van der Waals surface area contributed by atoms with Crippen molar-refractivity contribution in [3.63, 3.8) is 0 Å². The molecule has 1 radical (unpaired) electrons. The molecule has 2 aromatic rings. The molecule has 0 saturated carbocycles. The fourth-order valence-corrected chi connectivity index (χ4v) is 5.77. The highest BCUT2D eigenvalue weighted by atomic mass is 28.4. The van der Waals surface area contributed by atoms with Crippen molar-refractivity contribution in [3.8, 4) is 17.8 Å². The molecule has 179 valence electrons. The molecule has 0 fully saturated rings. The zero-order valence-corrected chi connectivity index (χ0v) is 21.1. The first-order valence-corrected chi connectivity index (χ1v) is 13.4. The first-order chi connectivity index (χ1) is 16.5. The molecule has 1 N–H and O–H groups in total. The molecule has 7 heteroatoms. The first-order valence-electron chi connectivity index (χ1n) is 11.5. The van der Waals surface area contributed by atoms with E-state index < -0.39 is 14.9 Å². The van der Waals surface area contributed by atoms with Gasteiger partial charge < -0.3 is 23.3 Å². The number of benzene rings is 2. The van der Waals surface area contributed by atoms with Crippen molar-refractivity contribution in [2.24, 2.45) is 0 Å². The summed E-state index contributed by atoms with van der Waals surface area (Å²) < 4.78 is 22.8. The molecule has 1 amide bonds. The molecular formula is C27H32NO5Si. The molecule has 0 saturated heterocycles. The van der Waals surface area contributed by atoms with E-state index in [0.717, 1.165) is 22.3 Å². The molecule has 0 bridgehead atoms.